The summed E-state index contributed by atoms with van der Waals surface area (Å²) in [5, 5.41) is 11.5. The third kappa shape index (κ3) is 2.12. The van der Waals surface area contributed by atoms with Gasteiger partial charge < -0.3 is 10.1 Å². The van der Waals surface area contributed by atoms with Crippen LogP contribution in [-0.2, 0) is 0 Å². The molecule has 3 heteroatoms. The Morgan fingerprint density at radius 1 is 1.33 bits per heavy atom. The monoisotopic (exact) mass is 204 g/mol. The van der Waals surface area contributed by atoms with Crippen molar-refractivity contribution in [1.29, 1.82) is 0 Å². The molecule has 0 atom stereocenters. The molecule has 1 N–H and O–H groups in total. The van der Waals surface area contributed by atoms with Gasteiger partial charge in [-0.1, -0.05) is 11.2 Å². The van der Waals surface area contributed by atoms with Gasteiger partial charge in [0.1, 0.15) is 0 Å². The predicted octanol–water partition coefficient (Wildman–Crippen LogP) is 2.40. The summed E-state index contributed by atoms with van der Waals surface area (Å²) < 4.78 is 0. The lowest BCUT2D eigenvalue weighted by Crippen LogP contribution is -2.18. The molecule has 0 spiro atoms. The number of benzene rings is 1. The Bertz CT molecular complexity index is 368. The minimum atomic E-state index is 0.943. The molecule has 0 bridgehead atoms. The molecule has 0 aromatic heterocycles. The summed E-state index contributed by atoms with van der Waals surface area (Å²) in [6.45, 7) is 4.42. The van der Waals surface area contributed by atoms with Crippen molar-refractivity contribution in [1.82, 2.24) is 0 Å². The van der Waals surface area contributed by atoms with Crippen LogP contribution in [0.3, 0.4) is 0 Å². The summed E-state index contributed by atoms with van der Waals surface area (Å²) in [4.78, 5) is 2.41. The summed E-state index contributed by atoms with van der Waals surface area (Å²) in [5.41, 5.74) is 3.50. The van der Waals surface area contributed by atoms with Gasteiger partial charge >= 0.3 is 0 Å². The molecule has 0 aliphatic carbocycles. The van der Waals surface area contributed by atoms with Gasteiger partial charge in [-0.15, -0.1) is 0 Å². The van der Waals surface area contributed by atoms with Crippen LogP contribution in [0.2, 0.25) is 0 Å². The highest BCUT2D eigenvalue weighted by atomic mass is 16.4. The van der Waals surface area contributed by atoms with E-state index in [1.54, 1.807) is 0 Å². The van der Waals surface area contributed by atoms with E-state index in [-0.39, 0.29) is 0 Å². The number of hydrogen-bond donors (Lipinski definition) is 1. The number of hydrogen-bond acceptors (Lipinski definition) is 3. The van der Waals surface area contributed by atoms with Gasteiger partial charge in [-0.2, -0.15) is 0 Å². The minimum Gasteiger partial charge on any atom is -0.411 e. The largest absolute Gasteiger partial charge is 0.411 e. The molecular formula is C12H16N2O. The van der Waals surface area contributed by atoms with Gasteiger partial charge in [-0.05, 0) is 43.0 Å². The number of aryl methyl sites for hydroxylation is 1. The maximum absolute atomic E-state index is 8.45. The van der Waals surface area contributed by atoms with Crippen molar-refractivity contribution in [3.8, 4) is 0 Å². The van der Waals surface area contributed by atoms with Crippen LogP contribution >= 0.6 is 0 Å². The van der Waals surface area contributed by atoms with Crippen LogP contribution in [0.5, 0.6) is 0 Å². The van der Waals surface area contributed by atoms with Crippen molar-refractivity contribution in [3.05, 3.63) is 29.3 Å². The van der Waals surface area contributed by atoms with Gasteiger partial charge in [0.25, 0.3) is 0 Å². The average molecular weight is 204 g/mol. The SMILES string of the molecule is Cc1cc(/C=N/O)ccc1N1CCCC1. The molecule has 1 aliphatic rings. The zero-order valence-corrected chi connectivity index (χ0v) is 8.98. The summed E-state index contributed by atoms with van der Waals surface area (Å²) >= 11 is 0. The van der Waals surface area contributed by atoms with Crippen LogP contribution in [0.4, 0.5) is 5.69 Å². The molecule has 0 saturated carbocycles. The molecule has 15 heavy (non-hydrogen) atoms. The fraction of sp³-hybridized carbons (Fsp3) is 0.417. The molecule has 3 nitrogen and oxygen atoms in total. The fourth-order valence-corrected chi connectivity index (χ4v) is 2.14. The number of anilines is 1. The lowest BCUT2D eigenvalue weighted by Gasteiger charge is -2.20. The maximum atomic E-state index is 8.45. The quantitative estimate of drug-likeness (QED) is 0.456. The van der Waals surface area contributed by atoms with Crippen molar-refractivity contribution in [2.45, 2.75) is 19.8 Å². The molecule has 0 radical (unpaired) electrons. The summed E-state index contributed by atoms with van der Waals surface area (Å²) in [5.74, 6) is 0. The van der Waals surface area contributed by atoms with E-state index >= 15 is 0 Å². The second-order valence-electron chi connectivity index (χ2n) is 3.98. The van der Waals surface area contributed by atoms with Gasteiger partial charge in [0.05, 0.1) is 6.21 Å². The Morgan fingerprint density at radius 2 is 2.07 bits per heavy atom. The first-order chi connectivity index (χ1) is 7.31. The highest BCUT2D eigenvalue weighted by Gasteiger charge is 2.13. The first kappa shape index (κ1) is 10.0. The molecule has 1 heterocycles. The van der Waals surface area contributed by atoms with Gasteiger partial charge in [0, 0.05) is 18.8 Å². The Kier molecular flexibility index (Phi) is 2.90. The maximum Gasteiger partial charge on any atom is 0.0733 e. The number of oxime groups is 1. The van der Waals surface area contributed by atoms with E-state index < -0.39 is 0 Å². The average Bonchev–Trinajstić information content (AvgIpc) is 2.71. The molecule has 0 unspecified atom stereocenters. The second-order valence-corrected chi connectivity index (χ2v) is 3.98. The van der Waals surface area contributed by atoms with Crippen LogP contribution in [0.25, 0.3) is 0 Å². The third-order valence-corrected chi connectivity index (χ3v) is 2.87. The fourth-order valence-electron chi connectivity index (χ4n) is 2.14. The van der Waals surface area contributed by atoms with Crippen LogP contribution in [-0.4, -0.2) is 24.5 Å². The Labute approximate surface area is 90.0 Å². The standard InChI is InChI=1S/C12H16N2O/c1-10-8-11(9-13-15)4-5-12(10)14-6-2-3-7-14/h4-5,8-9,15H,2-3,6-7H2,1H3/b13-9+. The first-order valence-electron chi connectivity index (χ1n) is 5.34. The molecule has 80 valence electrons. The summed E-state index contributed by atoms with van der Waals surface area (Å²) in [6, 6.07) is 6.14. The van der Waals surface area contributed by atoms with Crippen LogP contribution in [0.1, 0.15) is 24.0 Å². The highest BCUT2D eigenvalue weighted by molar-refractivity contribution is 5.80. The summed E-state index contributed by atoms with van der Waals surface area (Å²) in [6.07, 6.45) is 4.04. The van der Waals surface area contributed by atoms with Crippen LogP contribution in [0.15, 0.2) is 23.4 Å². The van der Waals surface area contributed by atoms with E-state index in [0.717, 1.165) is 18.7 Å². The molecule has 2 rings (SSSR count). The minimum absolute atomic E-state index is 0.943. The molecular weight excluding hydrogens is 188 g/mol. The molecule has 1 saturated heterocycles. The van der Waals surface area contributed by atoms with Gasteiger partial charge in [0.2, 0.25) is 0 Å². The van der Waals surface area contributed by atoms with Crippen molar-refractivity contribution in [3.63, 3.8) is 0 Å². The van der Waals surface area contributed by atoms with Gasteiger partial charge in [-0.25, -0.2) is 0 Å². The lowest BCUT2D eigenvalue weighted by molar-refractivity contribution is 0.322. The second kappa shape index (κ2) is 4.34. The van der Waals surface area contributed by atoms with Crippen molar-refractivity contribution in [2.75, 3.05) is 18.0 Å². The Morgan fingerprint density at radius 3 is 2.67 bits per heavy atom. The first-order valence-corrected chi connectivity index (χ1v) is 5.34. The normalized spacial score (nSPS) is 16.5. The molecule has 1 aromatic carbocycles. The van der Waals surface area contributed by atoms with Crippen molar-refractivity contribution >= 4 is 11.9 Å². The van der Waals surface area contributed by atoms with E-state index in [4.69, 9.17) is 5.21 Å². The summed E-state index contributed by atoms with van der Waals surface area (Å²) in [7, 11) is 0. The highest BCUT2D eigenvalue weighted by Crippen LogP contribution is 2.24. The van der Waals surface area contributed by atoms with Crippen molar-refractivity contribution < 1.29 is 5.21 Å². The van der Waals surface area contributed by atoms with Crippen LogP contribution < -0.4 is 4.90 Å². The Balaban J connectivity index is 2.25. The van der Waals surface area contributed by atoms with E-state index in [0.29, 0.717) is 0 Å². The van der Waals surface area contributed by atoms with E-state index in [2.05, 4.69) is 23.0 Å². The predicted molar refractivity (Wildman–Crippen MR) is 62.0 cm³/mol. The van der Waals surface area contributed by atoms with E-state index in [1.165, 1.54) is 30.3 Å². The zero-order valence-electron chi connectivity index (χ0n) is 8.98. The molecule has 1 aromatic rings. The number of rotatable bonds is 2. The number of nitrogens with zero attached hydrogens (tertiary/aromatic N) is 2. The molecule has 1 fully saturated rings. The van der Waals surface area contributed by atoms with Gasteiger partial charge in [0.15, 0.2) is 0 Å². The van der Waals surface area contributed by atoms with E-state index in [9.17, 15) is 0 Å². The van der Waals surface area contributed by atoms with Crippen molar-refractivity contribution in [2.24, 2.45) is 5.16 Å². The third-order valence-electron chi connectivity index (χ3n) is 2.87. The molecule has 1 aliphatic heterocycles. The van der Waals surface area contributed by atoms with E-state index in [1.807, 2.05) is 12.1 Å². The molecule has 0 amide bonds. The topological polar surface area (TPSA) is 35.8 Å². The van der Waals surface area contributed by atoms with Gasteiger partial charge in [-0.3, -0.25) is 0 Å². The van der Waals surface area contributed by atoms with Crippen LogP contribution in [0, 0.1) is 6.92 Å². The Hall–Kier alpha value is -1.51. The lowest BCUT2D eigenvalue weighted by atomic mass is 10.1. The zero-order chi connectivity index (χ0) is 10.7. The smallest absolute Gasteiger partial charge is 0.0733 e.